The average molecular weight is 251 g/mol. The van der Waals surface area contributed by atoms with Gasteiger partial charge in [-0.1, -0.05) is 23.7 Å². The second-order valence-electron chi connectivity index (χ2n) is 3.49. The smallest absolute Gasteiger partial charge is 0.423 e. The molecule has 1 aromatic heterocycles. The Morgan fingerprint density at radius 2 is 1.82 bits per heavy atom. The van der Waals surface area contributed by atoms with Crippen LogP contribution in [0.15, 0.2) is 36.5 Å². The fourth-order valence-electron chi connectivity index (χ4n) is 1.44. The summed E-state index contributed by atoms with van der Waals surface area (Å²) in [6.07, 6.45) is 1.28. The van der Waals surface area contributed by atoms with Crippen molar-refractivity contribution in [3.63, 3.8) is 0 Å². The summed E-state index contributed by atoms with van der Waals surface area (Å²) < 4.78 is 12.8. The van der Waals surface area contributed by atoms with E-state index >= 15 is 0 Å². The van der Waals surface area contributed by atoms with Gasteiger partial charge in [0.2, 0.25) is 0 Å². The van der Waals surface area contributed by atoms with Crippen LogP contribution in [-0.4, -0.2) is 22.2 Å². The van der Waals surface area contributed by atoms with Crippen molar-refractivity contribution >= 4 is 24.2 Å². The number of pyridine rings is 1. The highest BCUT2D eigenvalue weighted by atomic mass is 35.5. The number of halogens is 2. The van der Waals surface area contributed by atoms with Gasteiger partial charge in [-0.2, -0.15) is 0 Å². The predicted molar refractivity (Wildman–Crippen MR) is 64.5 cm³/mol. The third-order valence-corrected chi connectivity index (χ3v) is 2.61. The van der Waals surface area contributed by atoms with Crippen LogP contribution in [0.3, 0.4) is 0 Å². The Morgan fingerprint density at radius 3 is 2.41 bits per heavy atom. The predicted octanol–water partition coefficient (Wildman–Crippen LogP) is 1.22. The normalized spacial score (nSPS) is 10.4. The molecule has 0 unspecified atom stereocenters. The van der Waals surface area contributed by atoms with Crippen LogP contribution < -0.4 is 5.46 Å². The van der Waals surface area contributed by atoms with Crippen molar-refractivity contribution < 1.29 is 14.4 Å². The van der Waals surface area contributed by atoms with Crippen molar-refractivity contribution in [3.05, 3.63) is 47.5 Å². The fourth-order valence-corrected chi connectivity index (χ4v) is 1.65. The molecule has 17 heavy (non-hydrogen) atoms. The molecule has 1 heterocycles. The van der Waals surface area contributed by atoms with Gasteiger partial charge in [-0.15, -0.1) is 0 Å². The maximum Gasteiger partial charge on any atom is 0.490 e. The summed E-state index contributed by atoms with van der Waals surface area (Å²) in [5, 5.41) is 18.3. The second kappa shape index (κ2) is 4.83. The number of hydrogen-bond acceptors (Lipinski definition) is 3. The molecule has 0 atom stereocenters. The first-order valence-corrected chi connectivity index (χ1v) is 5.23. The number of benzene rings is 1. The monoisotopic (exact) mass is 251 g/mol. The minimum Gasteiger partial charge on any atom is -0.423 e. The zero-order valence-corrected chi connectivity index (χ0v) is 9.39. The molecule has 2 rings (SSSR count). The zero-order chi connectivity index (χ0) is 12.4. The fraction of sp³-hybridized carbons (Fsp3) is 0. The lowest BCUT2D eigenvalue weighted by Gasteiger charge is -2.06. The summed E-state index contributed by atoms with van der Waals surface area (Å²) in [6.45, 7) is 0. The molecule has 0 radical (unpaired) electrons. The van der Waals surface area contributed by atoms with Gasteiger partial charge in [0.15, 0.2) is 0 Å². The molecule has 0 aliphatic carbocycles. The van der Waals surface area contributed by atoms with Crippen LogP contribution in [0.4, 0.5) is 4.39 Å². The van der Waals surface area contributed by atoms with Crippen molar-refractivity contribution in [1.82, 2.24) is 4.98 Å². The SMILES string of the molecule is OB(O)c1cnc(Cl)c(-c2ccc(F)cc2)c1. The zero-order valence-electron chi connectivity index (χ0n) is 8.64. The highest BCUT2D eigenvalue weighted by Gasteiger charge is 2.14. The van der Waals surface area contributed by atoms with Gasteiger partial charge in [-0.25, -0.2) is 9.37 Å². The van der Waals surface area contributed by atoms with Crippen LogP contribution >= 0.6 is 11.6 Å². The third-order valence-electron chi connectivity index (χ3n) is 2.31. The largest absolute Gasteiger partial charge is 0.490 e. The van der Waals surface area contributed by atoms with Crippen molar-refractivity contribution in [2.75, 3.05) is 0 Å². The molecular weight excluding hydrogens is 243 g/mol. The second-order valence-corrected chi connectivity index (χ2v) is 3.85. The maximum atomic E-state index is 12.8. The first-order valence-electron chi connectivity index (χ1n) is 4.85. The molecule has 0 fully saturated rings. The number of nitrogens with zero attached hydrogens (tertiary/aromatic N) is 1. The lowest BCUT2D eigenvalue weighted by atomic mass is 9.80. The van der Waals surface area contributed by atoms with Crippen molar-refractivity contribution in [3.8, 4) is 11.1 Å². The molecule has 86 valence electrons. The van der Waals surface area contributed by atoms with Gasteiger partial charge in [0.05, 0.1) is 0 Å². The average Bonchev–Trinajstić information content (AvgIpc) is 2.31. The summed E-state index contributed by atoms with van der Waals surface area (Å²) in [4.78, 5) is 3.85. The van der Waals surface area contributed by atoms with Crippen LogP contribution in [0.5, 0.6) is 0 Å². The Labute approximate surface area is 103 Å². The molecule has 0 aliphatic rings. The Hall–Kier alpha value is -1.43. The van der Waals surface area contributed by atoms with Crippen LogP contribution in [0, 0.1) is 5.82 Å². The van der Waals surface area contributed by atoms with E-state index in [1.807, 2.05) is 0 Å². The molecular formula is C11H8BClFNO2. The van der Waals surface area contributed by atoms with E-state index in [-0.39, 0.29) is 16.4 Å². The molecule has 2 aromatic rings. The molecule has 0 amide bonds. The Bertz CT molecular complexity index is 533. The number of rotatable bonds is 2. The quantitative estimate of drug-likeness (QED) is 0.623. The molecule has 0 saturated heterocycles. The number of aromatic nitrogens is 1. The lowest BCUT2D eigenvalue weighted by molar-refractivity contribution is 0.425. The molecule has 0 aliphatic heterocycles. The van der Waals surface area contributed by atoms with Gasteiger partial charge < -0.3 is 10.0 Å². The van der Waals surface area contributed by atoms with Crippen molar-refractivity contribution in [2.45, 2.75) is 0 Å². The lowest BCUT2D eigenvalue weighted by Crippen LogP contribution is -2.30. The van der Waals surface area contributed by atoms with E-state index in [2.05, 4.69) is 4.98 Å². The molecule has 0 bridgehead atoms. The highest BCUT2D eigenvalue weighted by Crippen LogP contribution is 2.25. The van der Waals surface area contributed by atoms with Gasteiger partial charge in [-0.05, 0) is 23.8 Å². The van der Waals surface area contributed by atoms with Crippen LogP contribution in [0.1, 0.15) is 0 Å². The van der Waals surface area contributed by atoms with Gasteiger partial charge in [0.25, 0.3) is 0 Å². The topological polar surface area (TPSA) is 53.4 Å². The van der Waals surface area contributed by atoms with E-state index in [0.29, 0.717) is 11.1 Å². The van der Waals surface area contributed by atoms with Crippen LogP contribution in [0.25, 0.3) is 11.1 Å². The molecule has 1 aromatic carbocycles. The Kier molecular flexibility index (Phi) is 3.42. The van der Waals surface area contributed by atoms with E-state index < -0.39 is 7.12 Å². The standard InChI is InChI=1S/C11H8BClFNO2/c13-11-10(5-8(6-15-11)12(16)17)7-1-3-9(14)4-2-7/h1-6,16-17H. The van der Waals surface area contributed by atoms with Gasteiger partial charge in [0.1, 0.15) is 11.0 Å². The van der Waals surface area contributed by atoms with Gasteiger partial charge in [-0.3, -0.25) is 0 Å². The van der Waals surface area contributed by atoms with E-state index in [1.165, 1.54) is 24.4 Å². The Balaban J connectivity index is 2.50. The van der Waals surface area contributed by atoms with Crippen LogP contribution in [-0.2, 0) is 0 Å². The summed E-state index contributed by atoms with van der Waals surface area (Å²) in [5.41, 5.74) is 1.41. The molecule has 2 N–H and O–H groups in total. The van der Waals surface area contributed by atoms with Crippen molar-refractivity contribution in [1.29, 1.82) is 0 Å². The van der Waals surface area contributed by atoms with Gasteiger partial charge >= 0.3 is 7.12 Å². The highest BCUT2D eigenvalue weighted by molar-refractivity contribution is 6.58. The van der Waals surface area contributed by atoms with E-state index in [0.717, 1.165) is 0 Å². The summed E-state index contributed by atoms with van der Waals surface area (Å²) in [6, 6.07) is 7.20. The minimum absolute atomic E-state index is 0.223. The molecule has 0 spiro atoms. The maximum absolute atomic E-state index is 12.8. The molecule has 0 saturated carbocycles. The summed E-state index contributed by atoms with van der Waals surface area (Å²) >= 11 is 5.91. The van der Waals surface area contributed by atoms with E-state index in [1.54, 1.807) is 12.1 Å². The molecule has 3 nitrogen and oxygen atoms in total. The van der Waals surface area contributed by atoms with Crippen LogP contribution in [0.2, 0.25) is 5.15 Å². The van der Waals surface area contributed by atoms with Gasteiger partial charge in [0, 0.05) is 17.2 Å². The summed E-state index contributed by atoms with van der Waals surface area (Å²) in [5.74, 6) is -0.351. The number of hydrogen-bond donors (Lipinski definition) is 2. The van der Waals surface area contributed by atoms with E-state index in [4.69, 9.17) is 21.6 Å². The first-order chi connectivity index (χ1) is 8.08. The van der Waals surface area contributed by atoms with E-state index in [9.17, 15) is 4.39 Å². The summed E-state index contributed by atoms with van der Waals surface area (Å²) in [7, 11) is -1.61. The minimum atomic E-state index is -1.61. The third kappa shape index (κ3) is 2.63. The van der Waals surface area contributed by atoms with Crippen molar-refractivity contribution in [2.24, 2.45) is 0 Å². The first kappa shape index (κ1) is 12.0. The Morgan fingerprint density at radius 1 is 1.18 bits per heavy atom. The molecule has 6 heteroatoms.